The molecule has 0 saturated heterocycles. The third kappa shape index (κ3) is 3.04. The molecule has 0 aliphatic heterocycles. The first-order valence-corrected chi connectivity index (χ1v) is 6.12. The molecule has 0 radical (unpaired) electrons. The number of aromatic nitrogens is 1. The van der Waals surface area contributed by atoms with Crippen LogP contribution in [0.2, 0.25) is 0 Å². The fraction of sp³-hybridized carbons (Fsp3) is 0.167. The van der Waals surface area contributed by atoms with E-state index in [1.165, 1.54) is 24.5 Å². The summed E-state index contributed by atoms with van der Waals surface area (Å²) < 4.78 is 18.1. The van der Waals surface area contributed by atoms with Gasteiger partial charge in [0.25, 0.3) is 0 Å². The molecular weight excluding hydrogens is 253 g/mol. The van der Waals surface area contributed by atoms with Crippen LogP contribution in [0.4, 0.5) is 9.52 Å². The van der Waals surface area contributed by atoms with Gasteiger partial charge in [-0.15, -0.1) is 11.3 Å². The maximum atomic E-state index is 13.2. The number of methoxy groups -OCH3 is 1. The molecule has 0 aliphatic carbocycles. The van der Waals surface area contributed by atoms with Crippen molar-refractivity contribution in [3.05, 3.63) is 40.7 Å². The van der Waals surface area contributed by atoms with Gasteiger partial charge < -0.3 is 4.74 Å². The lowest BCUT2D eigenvalue weighted by Gasteiger charge is -2.01. The van der Waals surface area contributed by atoms with Gasteiger partial charge in [0.2, 0.25) is 5.13 Å². The van der Waals surface area contributed by atoms with E-state index < -0.39 is 5.82 Å². The minimum Gasteiger partial charge on any atom is -0.494 e. The van der Waals surface area contributed by atoms with Crippen molar-refractivity contribution in [3.63, 3.8) is 0 Å². The second-order valence-corrected chi connectivity index (χ2v) is 4.42. The Balaban J connectivity index is 2.04. The Labute approximate surface area is 108 Å². The molecule has 2 rings (SSSR count). The standard InChI is InChI=1S/C12H12FN3OS/c1-8-7-18-12(15-8)16-14-6-9-3-4-10(13)11(5-9)17-2/h3-7H,1-2H3,(H,15,16). The van der Waals surface area contributed by atoms with E-state index in [4.69, 9.17) is 4.74 Å². The molecule has 0 atom stereocenters. The van der Waals surface area contributed by atoms with Crippen molar-refractivity contribution in [2.45, 2.75) is 6.92 Å². The largest absolute Gasteiger partial charge is 0.494 e. The molecule has 0 unspecified atom stereocenters. The van der Waals surface area contributed by atoms with E-state index in [0.717, 1.165) is 16.4 Å². The third-order valence-electron chi connectivity index (χ3n) is 2.17. The SMILES string of the molecule is COc1cc(C=NNc2nc(C)cs2)ccc1F. The average molecular weight is 265 g/mol. The lowest BCUT2D eigenvalue weighted by Crippen LogP contribution is -1.93. The van der Waals surface area contributed by atoms with Crippen LogP contribution in [0.25, 0.3) is 0 Å². The first kappa shape index (κ1) is 12.5. The van der Waals surface area contributed by atoms with Crippen molar-refractivity contribution in [1.29, 1.82) is 0 Å². The van der Waals surface area contributed by atoms with Crippen molar-refractivity contribution >= 4 is 22.7 Å². The van der Waals surface area contributed by atoms with E-state index in [1.807, 2.05) is 12.3 Å². The normalized spacial score (nSPS) is 10.8. The second-order valence-electron chi connectivity index (χ2n) is 3.56. The van der Waals surface area contributed by atoms with Crippen molar-refractivity contribution in [3.8, 4) is 5.75 Å². The van der Waals surface area contributed by atoms with Gasteiger partial charge in [-0.2, -0.15) is 5.10 Å². The summed E-state index contributed by atoms with van der Waals surface area (Å²) in [7, 11) is 1.43. The molecule has 0 aliphatic rings. The number of hydrogen-bond donors (Lipinski definition) is 1. The highest BCUT2D eigenvalue weighted by atomic mass is 32.1. The van der Waals surface area contributed by atoms with Gasteiger partial charge in [-0.1, -0.05) is 6.07 Å². The summed E-state index contributed by atoms with van der Waals surface area (Å²) in [5, 5.41) is 6.67. The van der Waals surface area contributed by atoms with Crippen molar-refractivity contribution in [2.75, 3.05) is 12.5 Å². The Hall–Kier alpha value is -1.95. The van der Waals surface area contributed by atoms with Gasteiger partial charge in [-0.05, 0) is 24.6 Å². The average Bonchev–Trinajstić information content (AvgIpc) is 2.77. The van der Waals surface area contributed by atoms with Crippen LogP contribution in [0, 0.1) is 12.7 Å². The lowest BCUT2D eigenvalue weighted by molar-refractivity contribution is 0.386. The first-order chi connectivity index (χ1) is 8.69. The summed E-state index contributed by atoms with van der Waals surface area (Å²) in [4.78, 5) is 4.20. The zero-order valence-corrected chi connectivity index (χ0v) is 10.8. The molecule has 0 spiro atoms. The number of halogens is 1. The predicted molar refractivity (Wildman–Crippen MR) is 71.0 cm³/mol. The number of thiazole rings is 1. The summed E-state index contributed by atoms with van der Waals surface area (Å²) in [6.07, 6.45) is 1.58. The van der Waals surface area contributed by atoms with Crippen LogP contribution in [0.5, 0.6) is 5.75 Å². The molecule has 4 nitrogen and oxygen atoms in total. The van der Waals surface area contributed by atoms with Crippen LogP contribution in [-0.4, -0.2) is 18.3 Å². The quantitative estimate of drug-likeness (QED) is 0.682. The van der Waals surface area contributed by atoms with Gasteiger partial charge in [0, 0.05) is 5.38 Å². The van der Waals surface area contributed by atoms with Crippen molar-refractivity contribution < 1.29 is 9.13 Å². The second kappa shape index (κ2) is 5.59. The Kier molecular flexibility index (Phi) is 3.88. The van der Waals surface area contributed by atoms with Crippen LogP contribution in [0.1, 0.15) is 11.3 Å². The molecule has 0 bridgehead atoms. The Morgan fingerprint density at radius 2 is 2.33 bits per heavy atom. The minimum absolute atomic E-state index is 0.198. The van der Waals surface area contributed by atoms with E-state index in [9.17, 15) is 4.39 Å². The van der Waals surface area contributed by atoms with Crippen LogP contribution in [-0.2, 0) is 0 Å². The molecule has 1 heterocycles. The maximum absolute atomic E-state index is 13.2. The van der Waals surface area contributed by atoms with Gasteiger partial charge in [0.15, 0.2) is 11.6 Å². The number of ether oxygens (including phenoxy) is 1. The lowest BCUT2D eigenvalue weighted by atomic mass is 10.2. The highest BCUT2D eigenvalue weighted by Crippen LogP contribution is 2.17. The van der Waals surface area contributed by atoms with E-state index in [2.05, 4.69) is 15.5 Å². The number of benzene rings is 1. The van der Waals surface area contributed by atoms with Gasteiger partial charge in [-0.25, -0.2) is 9.37 Å². The molecule has 0 fully saturated rings. The van der Waals surface area contributed by atoms with Crippen molar-refractivity contribution in [1.82, 2.24) is 4.98 Å². The number of rotatable bonds is 4. The molecule has 6 heteroatoms. The topological polar surface area (TPSA) is 46.5 Å². The van der Waals surface area contributed by atoms with Crippen LogP contribution < -0.4 is 10.2 Å². The number of nitrogens with zero attached hydrogens (tertiary/aromatic N) is 2. The van der Waals surface area contributed by atoms with Gasteiger partial charge in [-0.3, -0.25) is 5.43 Å². The molecule has 94 valence electrons. The molecule has 0 saturated carbocycles. The van der Waals surface area contributed by atoms with Gasteiger partial charge in [0.05, 0.1) is 19.0 Å². The number of aryl methyl sites for hydroxylation is 1. The number of hydrazone groups is 1. The van der Waals surface area contributed by atoms with Crippen LogP contribution in [0.15, 0.2) is 28.7 Å². The summed E-state index contributed by atoms with van der Waals surface area (Å²) in [5.41, 5.74) is 4.50. The van der Waals surface area contributed by atoms with Crippen molar-refractivity contribution in [2.24, 2.45) is 5.10 Å². The number of anilines is 1. The van der Waals surface area contributed by atoms with E-state index in [1.54, 1.807) is 18.3 Å². The van der Waals surface area contributed by atoms with Crippen LogP contribution in [0.3, 0.4) is 0 Å². The maximum Gasteiger partial charge on any atom is 0.203 e. The molecule has 1 aromatic heterocycles. The summed E-state index contributed by atoms with van der Waals surface area (Å²) in [6, 6.07) is 4.54. The third-order valence-corrected chi connectivity index (χ3v) is 3.03. The van der Waals surface area contributed by atoms with E-state index in [-0.39, 0.29) is 5.75 Å². The fourth-order valence-corrected chi connectivity index (χ4v) is 1.96. The summed E-state index contributed by atoms with van der Waals surface area (Å²) >= 11 is 1.47. The Bertz CT molecular complexity index is 568. The zero-order chi connectivity index (χ0) is 13.0. The fourth-order valence-electron chi connectivity index (χ4n) is 1.32. The predicted octanol–water partition coefficient (Wildman–Crippen LogP) is 3.05. The molecule has 18 heavy (non-hydrogen) atoms. The van der Waals surface area contributed by atoms with Crippen LogP contribution >= 0.6 is 11.3 Å². The monoisotopic (exact) mass is 265 g/mol. The van der Waals surface area contributed by atoms with Gasteiger partial charge >= 0.3 is 0 Å². The highest BCUT2D eigenvalue weighted by molar-refractivity contribution is 7.13. The molecular formula is C12H12FN3OS. The number of nitrogens with one attached hydrogen (secondary N) is 1. The van der Waals surface area contributed by atoms with Gasteiger partial charge in [0.1, 0.15) is 0 Å². The van der Waals surface area contributed by atoms with E-state index in [0.29, 0.717) is 0 Å². The first-order valence-electron chi connectivity index (χ1n) is 5.24. The zero-order valence-electron chi connectivity index (χ0n) is 9.98. The smallest absolute Gasteiger partial charge is 0.203 e. The number of hydrogen-bond acceptors (Lipinski definition) is 5. The molecule has 1 N–H and O–H groups in total. The minimum atomic E-state index is -0.391. The summed E-state index contributed by atoms with van der Waals surface area (Å²) in [6.45, 7) is 1.91. The highest BCUT2D eigenvalue weighted by Gasteiger charge is 2.01. The Morgan fingerprint density at radius 1 is 1.50 bits per heavy atom. The molecule has 0 amide bonds. The van der Waals surface area contributed by atoms with E-state index >= 15 is 0 Å². The summed E-state index contributed by atoms with van der Waals surface area (Å²) in [5.74, 6) is -0.192. The molecule has 1 aromatic carbocycles. The Morgan fingerprint density at radius 3 is 3.00 bits per heavy atom. The molecule has 2 aromatic rings.